The molecule has 2 aromatic carbocycles. The normalized spacial score (nSPS) is 21.5. The molecule has 0 radical (unpaired) electrons. The van der Waals surface area contributed by atoms with Crippen LogP contribution < -0.4 is 4.18 Å². The summed E-state index contributed by atoms with van der Waals surface area (Å²) in [5.41, 5.74) is 0.223. The van der Waals surface area contributed by atoms with Crippen molar-refractivity contribution in [2.24, 2.45) is 0 Å². The van der Waals surface area contributed by atoms with Crippen LogP contribution in [0, 0.1) is 5.82 Å². The molecule has 4 rings (SSSR count). The van der Waals surface area contributed by atoms with Gasteiger partial charge in [-0.25, -0.2) is 14.1 Å². The molecule has 2 unspecified atom stereocenters. The van der Waals surface area contributed by atoms with E-state index >= 15 is 0 Å². The van der Waals surface area contributed by atoms with Crippen molar-refractivity contribution >= 4 is 22.0 Å². The minimum Gasteiger partial charge on any atom is -0.360 e. The Kier molecular flexibility index (Phi) is 4.58. The Morgan fingerprint density at radius 1 is 1.29 bits per heavy atom. The molecule has 146 valence electrons. The molecule has 0 saturated carbocycles. The van der Waals surface area contributed by atoms with Gasteiger partial charge in [0, 0.05) is 5.56 Å². The third-order valence-corrected chi connectivity index (χ3v) is 5.16. The monoisotopic (exact) mass is 425 g/mol. The van der Waals surface area contributed by atoms with E-state index in [4.69, 9.17) is 20.9 Å². The third kappa shape index (κ3) is 3.59. The molecule has 0 aliphatic carbocycles. The molecular formula is C17H13ClFN3O5S. The average Bonchev–Trinajstić information content (AvgIpc) is 3.10. The highest BCUT2D eigenvalue weighted by molar-refractivity contribution is 7.81. The number of rotatable bonds is 6. The smallest absolute Gasteiger partial charge is 0.360 e. The molecule has 1 fully saturated rings. The number of ether oxygens (including phenoxy) is 1. The number of halogens is 2. The van der Waals surface area contributed by atoms with Gasteiger partial charge in [0.15, 0.2) is 5.75 Å². The van der Waals surface area contributed by atoms with Gasteiger partial charge >= 0.3 is 10.4 Å². The van der Waals surface area contributed by atoms with Gasteiger partial charge in [0.05, 0.1) is 11.6 Å². The van der Waals surface area contributed by atoms with Crippen molar-refractivity contribution in [3.63, 3.8) is 0 Å². The first kappa shape index (κ1) is 18.8. The highest BCUT2D eigenvalue weighted by atomic mass is 35.5. The lowest BCUT2D eigenvalue weighted by Gasteiger charge is -2.15. The molecule has 11 heteroatoms. The van der Waals surface area contributed by atoms with Crippen molar-refractivity contribution in [2.75, 3.05) is 0 Å². The number of hydrogen-bond donors (Lipinski definition) is 1. The van der Waals surface area contributed by atoms with Crippen LogP contribution in [-0.4, -0.2) is 27.7 Å². The number of benzene rings is 2. The molecule has 1 aromatic heterocycles. The van der Waals surface area contributed by atoms with E-state index in [0.29, 0.717) is 11.1 Å². The van der Waals surface area contributed by atoms with Crippen LogP contribution in [0.3, 0.4) is 0 Å². The third-order valence-electron chi connectivity index (χ3n) is 4.36. The van der Waals surface area contributed by atoms with Gasteiger partial charge in [0.25, 0.3) is 0 Å². The van der Waals surface area contributed by atoms with Crippen LogP contribution in [-0.2, 0) is 27.3 Å². The van der Waals surface area contributed by atoms with Crippen LogP contribution in [0.25, 0.3) is 0 Å². The molecule has 2 heterocycles. The second kappa shape index (κ2) is 6.82. The van der Waals surface area contributed by atoms with Gasteiger partial charge in [-0.2, -0.15) is 13.5 Å². The summed E-state index contributed by atoms with van der Waals surface area (Å²) in [5.74, 6) is -0.621. The number of epoxide rings is 1. The number of hydrogen-bond acceptors (Lipinski definition) is 6. The Morgan fingerprint density at radius 3 is 2.68 bits per heavy atom. The van der Waals surface area contributed by atoms with Crippen LogP contribution in [0.5, 0.6) is 5.75 Å². The maximum Gasteiger partial charge on any atom is 0.446 e. The average molecular weight is 426 g/mol. The summed E-state index contributed by atoms with van der Waals surface area (Å²) in [4.78, 5) is 3.91. The molecular weight excluding hydrogens is 413 g/mol. The summed E-state index contributed by atoms with van der Waals surface area (Å²) in [6.07, 6.45) is 2.31. The van der Waals surface area contributed by atoms with Gasteiger partial charge in [-0.15, -0.1) is 0 Å². The molecule has 1 saturated heterocycles. The lowest BCUT2D eigenvalue weighted by atomic mass is 9.91. The molecule has 28 heavy (non-hydrogen) atoms. The maximum absolute atomic E-state index is 13.4. The Morgan fingerprint density at radius 2 is 2.04 bits per heavy atom. The second-order valence-corrected chi connectivity index (χ2v) is 7.56. The van der Waals surface area contributed by atoms with E-state index in [0.717, 1.165) is 0 Å². The van der Waals surface area contributed by atoms with Gasteiger partial charge in [-0.1, -0.05) is 35.9 Å². The topological polar surface area (TPSA) is 107 Å². The molecule has 2 atom stereocenters. The predicted octanol–water partition coefficient (Wildman–Crippen LogP) is 2.92. The van der Waals surface area contributed by atoms with Crippen molar-refractivity contribution in [3.8, 4) is 5.75 Å². The number of nitrogens with zero attached hydrogens (tertiary/aromatic N) is 3. The van der Waals surface area contributed by atoms with Crippen molar-refractivity contribution in [1.82, 2.24) is 14.8 Å². The van der Waals surface area contributed by atoms with Gasteiger partial charge in [-0.05, 0) is 23.8 Å². The SMILES string of the molecule is O=S(=O)(O)Oc1cccc(C2OC2(Cn2cncn2)c2ccc(F)cc2)c1Cl. The van der Waals surface area contributed by atoms with Crippen LogP contribution in [0.1, 0.15) is 17.2 Å². The van der Waals surface area contributed by atoms with Gasteiger partial charge in [0.1, 0.15) is 30.2 Å². The Balaban J connectivity index is 1.74. The minimum atomic E-state index is -4.74. The first-order valence-corrected chi connectivity index (χ1v) is 9.74. The van der Waals surface area contributed by atoms with Gasteiger partial charge in [-0.3, -0.25) is 4.55 Å². The van der Waals surface area contributed by atoms with Gasteiger partial charge in [0.2, 0.25) is 0 Å². The maximum atomic E-state index is 13.4. The fraction of sp³-hybridized carbons (Fsp3) is 0.176. The molecule has 1 N–H and O–H groups in total. The largest absolute Gasteiger partial charge is 0.446 e. The molecule has 0 amide bonds. The molecule has 1 aliphatic heterocycles. The van der Waals surface area contributed by atoms with E-state index in [-0.39, 0.29) is 17.3 Å². The zero-order valence-electron chi connectivity index (χ0n) is 14.1. The van der Waals surface area contributed by atoms with Crippen LogP contribution in [0.4, 0.5) is 4.39 Å². The van der Waals surface area contributed by atoms with E-state index in [1.54, 1.807) is 22.9 Å². The van der Waals surface area contributed by atoms with Crippen LogP contribution >= 0.6 is 11.6 Å². The van der Waals surface area contributed by atoms with E-state index in [1.807, 2.05) is 0 Å². The van der Waals surface area contributed by atoms with Crippen LogP contribution in [0.2, 0.25) is 5.02 Å². The van der Waals surface area contributed by atoms with Crippen molar-refractivity contribution < 1.29 is 26.3 Å². The van der Waals surface area contributed by atoms with E-state index in [9.17, 15) is 12.8 Å². The zero-order valence-corrected chi connectivity index (χ0v) is 15.6. The predicted molar refractivity (Wildman–Crippen MR) is 95.6 cm³/mol. The Bertz CT molecular complexity index is 1110. The zero-order chi connectivity index (χ0) is 19.9. The highest BCUT2D eigenvalue weighted by Crippen LogP contribution is 2.59. The first-order valence-electron chi connectivity index (χ1n) is 8.00. The van der Waals surface area contributed by atoms with Crippen molar-refractivity contribution in [3.05, 3.63) is 77.1 Å². The van der Waals surface area contributed by atoms with E-state index < -0.39 is 27.9 Å². The minimum absolute atomic E-state index is 0.0206. The molecule has 0 bridgehead atoms. The number of aromatic nitrogens is 3. The first-order chi connectivity index (χ1) is 13.3. The van der Waals surface area contributed by atoms with Crippen molar-refractivity contribution in [2.45, 2.75) is 18.2 Å². The molecule has 8 nitrogen and oxygen atoms in total. The fourth-order valence-electron chi connectivity index (χ4n) is 3.12. The molecule has 1 aliphatic rings. The summed E-state index contributed by atoms with van der Waals surface area (Å²) in [6.45, 7) is 0.267. The quantitative estimate of drug-likeness (QED) is 0.478. The lowest BCUT2D eigenvalue weighted by molar-refractivity contribution is 0.262. The van der Waals surface area contributed by atoms with Crippen molar-refractivity contribution in [1.29, 1.82) is 0 Å². The van der Waals surface area contributed by atoms with E-state index in [1.165, 1.54) is 36.9 Å². The second-order valence-electron chi connectivity index (χ2n) is 6.16. The standard InChI is InChI=1S/C17H13ClFN3O5S/c18-15-13(2-1-3-14(15)27-28(23,24)25)16-17(26-16,8-22-10-20-9-21-22)11-4-6-12(19)7-5-11/h1-7,9-10,16H,8H2,(H,23,24,25). The summed E-state index contributed by atoms with van der Waals surface area (Å²) in [5, 5.41) is 4.06. The molecule has 3 aromatic rings. The summed E-state index contributed by atoms with van der Waals surface area (Å²) in [7, 11) is -4.74. The molecule has 0 spiro atoms. The summed E-state index contributed by atoms with van der Waals surface area (Å²) < 4.78 is 56.4. The lowest BCUT2D eigenvalue weighted by Crippen LogP contribution is -2.19. The Labute approximate surface area is 164 Å². The highest BCUT2D eigenvalue weighted by Gasteiger charge is 2.59. The Hall–Kier alpha value is -2.53. The fourth-order valence-corrected chi connectivity index (χ4v) is 3.79. The summed E-state index contributed by atoms with van der Waals surface area (Å²) in [6, 6.07) is 10.3. The van der Waals surface area contributed by atoms with Gasteiger partial charge < -0.3 is 8.92 Å². The van der Waals surface area contributed by atoms with Crippen LogP contribution in [0.15, 0.2) is 55.1 Å². The summed E-state index contributed by atoms with van der Waals surface area (Å²) >= 11 is 6.30. The van der Waals surface area contributed by atoms with E-state index in [2.05, 4.69) is 14.3 Å².